The van der Waals surface area contributed by atoms with Crippen LogP contribution >= 0.6 is 11.3 Å². The van der Waals surface area contributed by atoms with Gasteiger partial charge in [-0.05, 0) is 56.5 Å². The molecule has 0 spiro atoms. The summed E-state index contributed by atoms with van der Waals surface area (Å²) in [5.41, 5.74) is 1.19. The maximum atomic E-state index is 13.5. The van der Waals surface area contributed by atoms with Gasteiger partial charge in [0.1, 0.15) is 22.1 Å². The predicted molar refractivity (Wildman–Crippen MR) is 157 cm³/mol. The lowest BCUT2D eigenvalue weighted by Crippen LogP contribution is -2.29. The molecule has 1 aliphatic rings. The van der Waals surface area contributed by atoms with Crippen LogP contribution in [-0.4, -0.2) is 47.6 Å². The Labute approximate surface area is 243 Å². The van der Waals surface area contributed by atoms with Crippen molar-refractivity contribution in [2.75, 3.05) is 24.7 Å². The lowest BCUT2D eigenvalue weighted by atomic mass is 9.95. The highest BCUT2D eigenvalue weighted by Crippen LogP contribution is 2.44. The molecule has 1 unspecified atom stereocenters. The molecule has 9 nitrogen and oxygen atoms in total. The number of Topliss-reactive ketones (excluding diaryl/α,β-unsaturated/α-hetero) is 1. The van der Waals surface area contributed by atoms with Gasteiger partial charge < -0.3 is 19.3 Å². The summed E-state index contributed by atoms with van der Waals surface area (Å²) in [4.78, 5) is 45.5. The first-order chi connectivity index (χ1) is 19.8. The van der Waals surface area contributed by atoms with Gasteiger partial charge in [0.15, 0.2) is 5.13 Å². The van der Waals surface area contributed by atoms with E-state index in [0.717, 1.165) is 30.6 Å². The third-order valence-corrected chi connectivity index (χ3v) is 7.58. The molecule has 1 saturated heterocycles. The number of hydrogen-bond acceptors (Lipinski definition) is 9. The van der Waals surface area contributed by atoms with Gasteiger partial charge in [-0.3, -0.25) is 14.5 Å². The first kappa shape index (κ1) is 29.8. The highest BCUT2D eigenvalue weighted by Gasteiger charge is 2.48. The van der Waals surface area contributed by atoms with Crippen molar-refractivity contribution in [3.63, 3.8) is 0 Å². The molecule has 1 atom stereocenters. The van der Waals surface area contributed by atoms with E-state index >= 15 is 0 Å². The fourth-order valence-corrected chi connectivity index (χ4v) is 5.39. The number of aliphatic hydroxyl groups is 1. The second-order valence-electron chi connectivity index (χ2n) is 9.45. The number of benzene rings is 2. The normalized spacial score (nSPS) is 16.2. The summed E-state index contributed by atoms with van der Waals surface area (Å²) < 4.78 is 16.6. The molecule has 1 fully saturated rings. The molecule has 1 amide bonds. The van der Waals surface area contributed by atoms with Crippen molar-refractivity contribution in [1.29, 1.82) is 0 Å². The van der Waals surface area contributed by atoms with E-state index in [2.05, 4.69) is 11.9 Å². The van der Waals surface area contributed by atoms with Crippen molar-refractivity contribution in [2.45, 2.75) is 53.0 Å². The van der Waals surface area contributed by atoms with Gasteiger partial charge >= 0.3 is 11.9 Å². The van der Waals surface area contributed by atoms with Crippen LogP contribution in [0.3, 0.4) is 0 Å². The van der Waals surface area contributed by atoms with E-state index in [1.54, 1.807) is 62.4 Å². The number of aliphatic hydroxyl groups excluding tert-OH is 1. The number of unbranched alkanes of at least 4 members (excludes halogenated alkanes) is 1. The number of hydrogen-bond donors (Lipinski definition) is 1. The van der Waals surface area contributed by atoms with Crippen LogP contribution in [0, 0.1) is 6.92 Å². The van der Waals surface area contributed by atoms with Gasteiger partial charge in [-0.25, -0.2) is 9.78 Å². The van der Waals surface area contributed by atoms with E-state index < -0.39 is 23.7 Å². The van der Waals surface area contributed by atoms with E-state index in [-0.39, 0.29) is 27.9 Å². The topological polar surface area (TPSA) is 115 Å². The Morgan fingerprint density at radius 1 is 1.00 bits per heavy atom. The Hall–Kier alpha value is -4.18. The van der Waals surface area contributed by atoms with Gasteiger partial charge in [0.25, 0.3) is 5.78 Å². The van der Waals surface area contributed by atoms with Crippen molar-refractivity contribution in [2.24, 2.45) is 0 Å². The maximum Gasteiger partial charge on any atom is 0.350 e. The molecule has 4 rings (SSSR count). The molecule has 1 N–H and O–H groups in total. The van der Waals surface area contributed by atoms with Gasteiger partial charge in [-0.1, -0.05) is 55.9 Å². The monoisotopic (exact) mass is 578 g/mol. The van der Waals surface area contributed by atoms with Crippen molar-refractivity contribution >= 4 is 39.9 Å². The van der Waals surface area contributed by atoms with Crippen molar-refractivity contribution in [3.05, 3.63) is 75.8 Å². The van der Waals surface area contributed by atoms with Gasteiger partial charge in [-0.2, -0.15) is 0 Å². The average Bonchev–Trinajstić information content (AvgIpc) is 3.48. The number of ether oxygens (including phenoxy) is 3. The van der Waals surface area contributed by atoms with Crippen molar-refractivity contribution < 1.29 is 33.7 Å². The van der Waals surface area contributed by atoms with Crippen LogP contribution in [0.5, 0.6) is 11.5 Å². The molecule has 3 aromatic rings. The van der Waals surface area contributed by atoms with Crippen LogP contribution in [0.15, 0.2) is 54.1 Å². The smallest absolute Gasteiger partial charge is 0.350 e. The summed E-state index contributed by atoms with van der Waals surface area (Å²) in [6.45, 7) is 8.65. The summed E-state index contributed by atoms with van der Waals surface area (Å²) in [5.74, 6) is -1.43. The Morgan fingerprint density at radius 3 is 2.41 bits per heavy atom. The number of ketones is 1. The highest BCUT2D eigenvalue weighted by molar-refractivity contribution is 7.17. The van der Waals surface area contributed by atoms with Gasteiger partial charge in [0.2, 0.25) is 0 Å². The number of esters is 1. The van der Waals surface area contributed by atoms with Crippen LogP contribution < -0.4 is 14.4 Å². The lowest BCUT2D eigenvalue weighted by molar-refractivity contribution is -0.132. The number of thiazole rings is 1. The third kappa shape index (κ3) is 6.43. The van der Waals surface area contributed by atoms with E-state index in [1.807, 2.05) is 6.92 Å². The summed E-state index contributed by atoms with van der Waals surface area (Å²) in [6, 6.07) is 12.8. The molecule has 0 radical (unpaired) electrons. The second kappa shape index (κ2) is 13.5. The summed E-state index contributed by atoms with van der Waals surface area (Å²) in [6.07, 6.45) is 2.72. The summed E-state index contributed by atoms with van der Waals surface area (Å²) in [5, 5.41) is 11.6. The van der Waals surface area contributed by atoms with E-state index in [1.165, 1.54) is 4.90 Å². The minimum Gasteiger partial charge on any atom is -0.507 e. The lowest BCUT2D eigenvalue weighted by Gasteiger charge is -2.23. The number of rotatable bonds is 12. The summed E-state index contributed by atoms with van der Waals surface area (Å²) in [7, 11) is 0. The highest BCUT2D eigenvalue weighted by atomic mass is 32.1. The SMILES string of the molecule is CCCCOc1ccc(C2/C(=C(\O)c3cccc(OCCC)c3)C(=O)C(=O)N2c2nc(C)c(C(=O)OCC)s2)cc1. The number of aryl methyl sites for hydroxylation is 1. The van der Waals surface area contributed by atoms with Crippen molar-refractivity contribution in [1.82, 2.24) is 4.98 Å². The third-order valence-electron chi connectivity index (χ3n) is 6.44. The second-order valence-corrected chi connectivity index (χ2v) is 10.4. The largest absolute Gasteiger partial charge is 0.507 e. The first-order valence-corrected chi connectivity index (χ1v) is 14.5. The molecule has 216 valence electrons. The van der Waals surface area contributed by atoms with Gasteiger partial charge in [-0.15, -0.1) is 0 Å². The van der Waals surface area contributed by atoms with Crippen LogP contribution in [0.4, 0.5) is 5.13 Å². The number of anilines is 1. The predicted octanol–water partition coefficient (Wildman–Crippen LogP) is 6.22. The zero-order valence-corrected chi connectivity index (χ0v) is 24.5. The molecule has 1 aromatic heterocycles. The Bertz CT molecular complexity index is 1440. The number of nitrogens with zero attached hydrogens (tertiary/aromatic N) is 2. The zero-order valence-electron chi connectivity index (χ0n) is 23.6. The Kier molecular flexibility index (Phi) is 9.78. The average molecular weight is 579 g/mol. The molecule has 41 heavy (non-hydrogen) atoms. The number of amides is 1. The van der Waals surface area contributed by atoms with Crippen LogP contribution in [0.1, 0.15) is 72.6 Å². The molecule has 1 aliphatic heterocycles. The van der Waals surface area contributed by atoms with Crippen molar-refractivity contribution in [3.8, 4) is 11.5 Å². The molecule has 0 saturated carbocycles. The molecule has 2 heterocycles. The number of carbonyl (C=O) groups excluding carboxylic acids is 3. The van der Waals surface area contributed by atoms with Gasteiger partial charge in [0.05, 0.1) is 37.1 Å². The minimum absolute atomic E-state index is 0.0900. The van der Waals surface area contributed by atoms with E-state index in [0.29, 0.717) is 41.5 Å². The fourth-order valence-electron chi connectivity index (χ4n) is 4.41. The first-order valence-electron chi connectivity index (χ1n) is 13.7. The molecule has 0 aliphatic carbocycles. The van der Waals surface area contributed by atoms with Crippen LogP contribution in [0.25, 0.3) is 5.76 Å². The number of carbonyl (C=O) groups is 3. The molecular weight excluding hydrogens is 544 g/mol. The van der Waals surface area contributed by atoms with Crippen LogP contribution in [-0.2, 0) is 14.3 Å². The fraction of sp³-hybridized carbons (Fsp3) is 0.355. The standard InChI is InChI=1S/C31H34N2O7S/c1-5-8-17-40-22-14-12-20(13-15-22)25-24(26(34)21-10-9-11-23(18-21)39-16-6-2)27(35)29(36)33(25)31-32-19(4)28(41-31)30(37)38-7-3/h9-15,18,25,34H,5-8,16-17H2,1-4H3/b26-24+. The van der Waals surface area contributed by atoms with E-state index in [4.69, 9.17) is 14.2 Å². The Morgan fingerprint density at radius 2 is 1.73 bits per heavy atom. The van der Waals surface area contributed by atoms with E-state index in [9.17, 15) is 19.5 Å². The molecular formula is C31H34N2O7S. The maximum absolute atomic E-state index is 13.5. The molecule has 0 bridgehead atoms. The number of aromatic nitrogens is 1. The van der Waals surface area contributed by atoms with Gasteiger partial charge in [0, 0.05) is 5.56 Å². The minimum atomic E-state index is -1.000. The zero-order chi connectivity index (χ0) is 29.5. The van der Waals surface area contributed by atoms with Crippen LogP contribution in [0.2, 0.25) is 0 Å². The molecule has 2 aromatic carbocycles. The Balaban J connectivity index is 1.83. The summed E-state index contributed by atoms with van der Waals surface area (Å²) >= 11 is 0.965. The quantitative estimate of drug-likeness (QED) is 0.0885. The molecule has 10 heteroatoms.